The van der Waals surface area contributed by atoms with Crippen molar-refractivity contribution in [1.82, 2.24) is 23.7 Å². The van der Waals surface area contributed by atoms with Crippen LogP contribution < -0.4 is 0 Å². The third-order valence-electron chi connectivity index (χ3n) is 8.56. The molecule has 6 nitrogen and oxygen atoms in total. The number of aldehydes is 1. The maximum Gasteiger partial charge on any atom is 0.129 e. The lowest BCUT2D eigenvalue weighted by atomic mass is 9.76. The molecule has 2 aliphatic heterocycles. The van der Waals surface area contributed by atoms with Crippen LogP contribution in [0.4, 0.5) is 0 Å². The Morgan fingerprint density at radius 1 is 1.00 bits per heavy atom. The number of halogens is 3. The molecule has 2 aromatic heterocycles. The summed E-state index contributed by atoms with van der Waals surface area (Å²) in [6, 6.07) is 6.46. The number of fused-ring (bicyclic) bond motifs is 2. The van der Waals surface area contributed by atoms with Gasteiger partial charge in [0, 0.05) is 58.8 Å². The number of likely N-dealkylation sites (tertiary alicyclic amines) is 1. The first-order chi connectivity index (χ1) is 19.8. The van der Waals surface area contributed by atoms with Gasteiger partial charge >= 0.3 is 0 Å². The number of aromatic nitrogens is 3. The summed E-state index contributed by atoms with van der Waals surface area (Å²) in [6.45, 7) is 4.43. The van der Waals surface area contributed by atoms with E-state index in [9.17, 15) is 4.79 Å². The SMILES string of the molecule is CN1CCC(C2c3ncc(Br)cc3CCc3cc(Cl)cc(Br)c32)CC1.Cn1cnc(SN2CCC(CC=O)CC2)c1. The van der Waals surface area contributed by atoms with Crippen molar-refractivity contribution in [1.29, 1.82) is 0 Å². The smallest absolute Gasteiger partial charge is 0.129 e. The first-order valence-electron chi connectivity index (χ1n) is 14.5. The van der Waals surface area contributed by atoms with E-state index in [1.54, 1.807) is 11.9 Å². The summed E-state index contributed by atoms with van der Waals surface area (Å²) in [5.41, 5.74) is 5.42. The molecule has 1 aromatic carbocycles. The van der Waals surface area contributed by atoms with E-state index in [-0.39, 0.29) is 0 Å². The molecular formula is C31H38Br2ClN5OS. The summed E-state index contributed by atoms with van der Waals surface area (Å²) in [7, 11) is 4.20. The first-order valence-corrected chi connectivity index (χ1v) is 17.2. The number of aryl methyl sites for hydroxylation is 3. The average Bonchev–Trinajstić information content (AvgIpc) is 3.28. The van der Waals surface area contributed by atoms with Crippen LogP contribution in [0.15, 0.2) is 50.9 Å². The van der Waals surface area contributed by atoms with Crippen LogP contribution in [0.2, 0.25) is 5.02 Å². The van der Waals surface area contributed by atoms with E-state index in [2.05, 4.69) is 65.2 Å². The van der Waals surface area contributed by atoms with Crippen molar-refractivity contribution in [3.8, 4) is 0 Å². The van der Waals surface area contributed by atoms with Gasteiger partial charge in [-0.25, -0.2) is 9.29 Å². The number of hydrogen-bond donors (Lipinski definition) is 0. The fraction of sp³-hybridized carbons (Fsp3) is 0.516. The highest BCUT2D eigenvalue weighted by Crippen LogP contribution is 2.46. The van der Waals surface area contributed by atoms with E-state index in [0.29, 0.717) is 17.8 Å². The highest BCUT2D eigenvalue weighted by molar-refractivity contribution is 9.10. The Kier molecular flexibility index (Phi) is 11.0. The van der Waals surface area contributed by atoms with Gasteiger partial charge in [-0.1, -0.05) is 27.5 Å². The van der Waals surface area contributed by atoms with Crippen molar-refractivity contribution in [3.05, 3.63) is 73.3 Å². The van der Waals surface area contributed by atoms with Gasteiger partial charge in [-0.3, -0.25) is 4.98 Å². The Morgan fingerprint density at radius 2 is 1.73 bits per heavy atom. The van der Waals surface area contributed by atoms with Crippen molar-refractivity contribution < 1.29 is 4.79 Å². The molecule has 0 N–H and O–H groups in total. The van der Waals surface area contributed by atoms with E-state index < -0.39 is 0 Å². The highest BCUT2D eigenvalue weighted by Gasteiger charge is 2.35. The number of hydrogen-bond acceptors (Lipinski definition) is 6. The number of benzene rings is 1. The van der Waals surface area contributed by atoms with Gasteiger partial charge in [0.1, 0.15) is 11.3 Å². The van der Waals surface area contributed by atoms with E-state index in [4.69, 9.17) is 16.6 Å². The van der Waals surface area contributed by atoms with E-state index in [0.717, 1.165) is 83.6 Å². The van der Waals surface area contributed by atoms with Crippen molar-refractivity contribution in [2.24, 2.45) is 18.9 Å². The second-order valence-electron chi connectivity index (χ2n) is 11.5. The number of pyridine rings is 1. The number of rotatable bonds is 5. The molecule has 0 amide bonds. The second kappa shape index (κ2) is 14.5. The monoisotopic (exact) mass is 721 g/mol. The third kappa shape index (κ3) is 8.03. The molecule has 3 aliphatic rings. The molecular weight excluding hydrogens is 686 g/mol. The number of imidazole rings is 1. The van der Waals surface area contributed by atoms with Crippen LogP contribution in [0.3, 0.4) is 0 Å². The topological polar surface area (TPSA) is 54.3 Å². The summed E-state index contributed by atoms with van der Waals surface area (Å²) in [5, 5.41) is 1.86. The molecule has 0 radical (unpaired) electrons. The molecule has 4 heterocycles. The molecule has 2 fully saturated rings. The Hall–Kier alpha value is -1.23. The minimum Gasteiger partial charge on any atom is -0.339 e. The van der Waals surface area contributed by atoms with E-state index in [1.807, 2.05) is 36.4 Å². The third-order valence-corrected chi connectivity index (χ3v) is 10.9. The maximum absolute atomic E-state index is 10.4. The number of nitrogens with zero attached hydrogens (tertiary/aromatic N) is 5. The van der Waals surface area contributed by atoms with Crippen LogP contribution in [-0.2, 0) is 24.7 Å². The van der Waals surface area contributed by atoms with Gasteiger partial charge in [-0.15, -0.1) is 0 Å². The quantitative estimate of drug-likeness (QED) is 0.200. The molecule has 3 aromatic rings. The van der Waals surface area contributed by atoms with Crippen LogP contribution in [0, 0.1) is 11.8 Å². The number of carbonyl (C=O) groups excluding carboxylic acids is 1. The van der Waals surface area contributed by atoms with Crippen LogP contribution in [0.1, 0.15) is 60.4 Å². The highest BCUT2D eigenvalue weighted by atomic mass is 79.9. The minimum atomic E-state index is 0.348. The Morgan fingerprint density at radius 3 is 2.41 bits per heavy atom. The van der Waals surface area contributed by atoms with Crippen LogP contribution >= 0.6 is 55.4 Å². The molecule has 0 saturated carbocycles. The van der Waals surface area contributed by atoms with Crippen LogP contribution in [-0.4, -0.2) is 63.3 Å². The molecule has 0 spiro atoms. The maximum atomic E-state index is 10.4. The lowest BCUT2D eigenvalue weighted by Crippen LogP contribution is -2.33. The van der Waals surface area contributed by atoms with E-state index in [1.165, 1.54) is 35.2 Å². The number of carbonyl (C=O) groups is 1. The van der Waals surface area contributed by atoms with Crippen molar-refractivity contribution in [3.63, 3.8) is 0 Å². The van der Waals surface area contributed by atoms with E-state index >= 15 is 0 Å². The summed E-state index contributed by atoms with van der Waals surface area (Å²) in [5.74, 6) is 1.57. The summed E-state index contributed by atoms with van der Waals surface area (Å²) in [6.07, 6.45) is 14.3. The number of piperidine rings is 2. The summed E-state index contributed by atoms with van der Waals surface area (Å²) in [4.78, 5) is 22.0. The normalized spacial score (nSPS) is 20.5. The fourth-order valence-corrected chi connectivity index (χ4v) is 8.80. The minimum absolute atomic E-state index is 0.348. The first kappa shape index (κ1) is 31.2. The molecule has 1 atom stereocenters. The lowest BCUT2D eigenvalue weighted by molar-refractivity contribution is -0.108. The zero-order valence-corrected chi connectivity index (χ0v) is 28.5. The second-order valence-corrected chi connectivity index (χ2v) is 14.8. The predicted octanol–water partition coefficient (Wildman–Crippen LogP) is 7.56. The van der Waals surface area contributed by atoms with Gasteiger partial charge in [-0.05, 0) is 133 Å². The van der Waals surface area contributed by atoms with Gasteiger partial charge in [0.25, 0.3) is 0 Å². The van der Waals surface area contributed by atoms with Gasteiger partial charge in [0.05, 0.1) is 12.0 Å². The lowest BCUT2D eigenvalue weighted by Gasteiger charge is -2.35. The molecule has 6 rings (SSSR count). The van der Waals surface area contributed by atoms with Gasteiger partial charge in [0.15, 0.2) is 0 Å². The molecule has 41 heavy (non-hydrogen) atoms. The van der Waals surface area contributed by atoms with Crippen LogP contribution in [0.25, 0.3) is 0 Å². The zero-order chi connectivity index (χ0) is 28.9. The standard InChI is InChI=1S/C20H21Br2ClN2.C11H17N3OS/c1-25-6-4-12(5-7-25)19-18-13(9-16(23)10-17(18)22)2-3-14-8-15(21)11-24-20(14)19;1-13-8-11(12-9-13)16-14-5-2-10(3-6-14)4-7-15/h8-12,19H,2-7H2,1H3;7-10H,2-6H2,1H3. The van der Waals surface area contributed by atoms with Gasteiger partial charge < -0.3 is 14.3 Å². The Labute approximate surface area is 270 Å². The molecule has 2 saturated heterocycles. The summed E-state index contributed by atoms with van der Waals surface area (Å²) < 4.78 is 6.50. The predicted molar refractivity (Wildman–Crippen MR) is 175 cm³/mol. The fourth-order valence-electron chi connectivity index (χ4n) is 6.33. The summed E-state index contributed by atoms with van der Waals surface area (Å²) >= 11 is 15.5. The van der Waals surface area contributed by atoms with Crippen molar-refractivity contribution in [2.45, 2.75) is 55.9 Å². The average molecular weight is 724 g/mol. The molecule has 0 bridgehead atoms. The largest absolute Gasteiger partial charge is 0.339 e. The van der Waals surface area contributed by atoms with Crippen LogP contribution in [0.5, 0.6) is 0 Å². The van der Waals surface area contributed by atoms with Gasteiger partial charge in [0.2, 0.25) is 0 Å². The molecule has 1 unspecified atom stereocenters. The Bertz CT molecular complexity index is 1340. The Balaban J connectivity index is 0.000000182. The van der Waals surface area contributed by atoms with Crippen molar-refractivity contribution in [2.75, 3.05) is 33.2 Å². The molecule has 1 aliphatic carbocycles. The molecule has 220 valence electrons. The van der Waals surface area contributed by atoms with Crippen molar-refractivity contribution >= 4 is 61.7 Å². The van der Waals surface area contributed by atoms with Gasteiger partial charge in [-0.2, -0.15) is 0 Å². The molecule has 10 heteroatoms. The zero-order valence-electron chi connectivity index (χ0n) is 23.7.